The topological polar surface area (TPSA) is 74.3 Å². The first-order chi connectivity index (χ1) is 17.9. The van der Waals surface area contributed by atoms with E-state index in [1.165, 1.54) is 17.1 Å². The van der Waals surface area contributed by atoms with Crippen LogP contribution in [0.25, 0.3) is 10.9 Å². The summed E-state index contributed by atoms with van der Waals surface area (Å²) in [6.45, 7) is 0.841. The molecule has 2 heterocycles. The van der Waals surface area contributed by atoms with E-state index in [0.29, 0.717) is 17.5 Å². The third-order valence-corrected chi connectivity index (χ3v) is 8.50. The number of hydrogen-bond acceptors (Lipinski definition) is 4. The lowest BCUT2D eigenvalue weighted by Gasteiger charge is -2.70. The van der Waals surface area contributed by atoms with Gasteiger partial charge in [-0.2, -0.15) is 15.5 Å². The number of fused-ring (bicyclic) bond motifs is 1. The Kier molecular flexibility index (Phi) is 5.82. The first-order valence-electron chi connectivity index (χ1n) is 13.1. The van der Waals surface area contributed by atoms with Gasteiger partial charge in [0.2, 0.25) is 5.91 Å². The molecule has 1 aromatic heterocycles. The Hall–Kier alpha value is -3.60. The number of amides is 1. The molecule has 1 unspecified atom stereocenters. The Morgan fingerprint density at radius 1 is 1.05 bits per heavy atom. The van der Waals surface area contributed by atoms with E-state index >= 15 is 0 Å². The summed E-state index contributed by atoms with van der Waals surface area (Å²) in [6.07, 6.45) is 12.3. The monoisotopic (exact) mass is 501 g/mol. The molecule has 0 radical (unpaired) electrons. The number of carbonyl (C=O) groups excluding carboxylic acids is 1. The second-order valence-corrected chi connectivity index (χ2v) is 11.1. The van der Waals surface area contributed by atoms with Gasteiger partial charge < -0.3 is 0 Å². The van der Waals surface area contributed by atoms with Gasteiger partial charge in [0.15, 0.2) is 0 Å². The fraction of sp³-hybridized carbons (Fsp3) is 0.448. The number of unbranched alkanes of at least 4 members (excludes halogenated alkanes) is 3. The van der Waals surface area contributed by atoms with Crippen LogP contribution in [0.4, 0.5) is 8.78 Å². The molecule has 4 aliphatic rings. The summed E-state index contributed by atoms with van der Waals surface area (Å²) in [5.41, 5.74) is 2.06. The molecule has 37 heavy (non-hydrogen) atoms. The highest BCUT2D eigenvalue weighted by atomic mass is 19.1. The number of carbonyl (C=O) groups is 1. The highest BCUT2D eigenvalue weighted by Crippen LogP contribution is 2.76. The predicted octanol–water partition coefficient (Wildman–Crippen LogP) is 6.27. The first kappa shape index (κ1) is 23.8. The molecule has 190 valence electrons. The van der Waals surface area contributed by atoms with Crippen molar-refractivity contribution in [3.05, 3.63) is 65.4 Å². The molecule has 3 aliphatic carbocycles. The average molecular weight is 502 g/mol. The van der Waals surface area contributed by atoms with Crippen molar-refractivity contribution in [2.75, 3.05) is 0 Å². The molecule has 2 aromatic carbocycles. The maximum atomic E-state index is 13.7. The summed E-state index contributed by atoms with van der Waals surface area (Å²) in [5, 5.41) is 20.4. The molecule has 0 spiro atoms. The van der Waals surface area contributed by atoms with Gasteiger partial charge in [0.05, 0.1) is 34.8 Å². The fourth-order valence-electron chi connectivity index (χ4n) is 6.82. The van der Waals surface area contributed by atoms with Crippen LogP contribution in [0.15, 0.2) is 47.7 Å². The number of halogens is 2. The zero-order chi connectivity index (χ0) is 25.6. The number of aromatic nitrogens is 2. The normalized spacial score (nSPS) is 25.6. The van der Waals surface area contributed by atoms with Crippen molar-refractivity contribution >= 4 is 23.0 Å². The number of benzene rings is 2. The molecule has 6 nitrogen and oxygen atoms in total. The van der Waals surface area contributed by atoms with Crippen LogP contribution < -0.4 is 0 Å². The Morgan fingerprint density at radius 3 is 2.57 bits per heavy atom. The zero-order valence-corrected chi connectivity index (χ0v) is 20.7. The van der Waals surface area contributed by atoms with Gasteiger partial charge in [0.1, 0.15) is 11.6 Å². The lowest BCUT2D eigenvalue weighted by atomic mass is 9.33. The summed E-state index contributed by atoms with van der Waals surface area (Å²) < 4.78 is 29.5. The van der Waals surface area contributed by atoms with Crippen LogP contribution >= 0.6 is 0 Å². The van der Waals surface area contributed by atoms with Crippen LogP contribution in [-0.4, -0.2) is 26.9 Å². The van der Waals surface area contributed by atoms with Gasteiger partial charge in [-0.05, 0) is 73.4 Å². The number of hydrogen-bond donors (Lipinski definition) is 0. The van der Waals surface area contributed by atoms with Gasteiger partial charge >= 0.3 is 0 Å². The molecule has 1 atom stereocenters. The minimum atomic E-state index is -0.634. The van der Waals surface area contributed by atoms with E-state index in [0.717, 1.165) is 74.9 Å². The Labute approximate surface area is 214 Å². The summed E-state index contributed by atoms with van der Waals surface area (Å²) >= 11 is 0. The van der Waals surface area contributed by atoms with Crippen LogP contribution in [0.3, 0.4) is 0 Å². The van der Waals surface area contributed by atoms with Crippen molar-refractivity contribution in [3.63, 3.8) is 0 Å². The van der Waals surface area contributed by atoms with Crippen LogP contribution in [-0.2, 0) is 11.3 Å². The van der Waals surface area contributed by atoms with E-state index in [9.17, 15) is 13.6 Å². The van der Waals surface area contributed by atoms with Crippen molar-refractivity contribution in [1.29, 1.82) is 5.26 Å². The largest absolute Gasteiger partial charge is 0.272 e. The van der Waals surface area contributed by atoms with Gasteiger partial charge in [-0.1, -0.05) is 19.3 Å². The Balaban J connectivity index is 0.952. The maximum absolute atomic E-state index is 13.7. The molecule has 3 saturated carbocycles. The van der Waals surface area contributed by atoms with Crippen molar-refractivity contribution in [3.8, 4) is 6.07 Å². The van der Waals surface area contributed by atoms with Gasteiger partial charge in [-0.3, -0.25) is 9.48 Å². The standard InChI is InChI=1S/C29H29F2N5O/c30-23-12-22(13-24(31)14-23)25-7-9-33-36(25)27(37)29-17-28(18-29,19-29)8-3-1-2-4-10-35-26-11-20(15-32)5-6-21(26)16-34-35/h5-6,9,11-14,16,25H,1-4,7-8,10,17-19H2. The number of nitriles is 1. The van der Waals surface area contributed by atoms with E-state index in [-0.39, 0.29) is 16.7 Å². The molecule has 1 aliphatic heterocycles. The van der Waals surface area contributed by atoms with Crippen LogP contribution in [0.2, 0.25) is 0 Å². The quantitative estimate of drug-likeness (QED) is 0.325. The lowest BCUT2D eigenvalue weighted by Crippen LogP contribution is -2.67. The SMILES string of the molecule is N#Cc1ccc2cnn(CCCCCCC34CC(C(=O)N5N=CCC5c5cc(F)cc(F)c5)(C3)C4)c2c1. The van der Waals surface area contributed by atoms with Crippen LogP contribution in [0.5, 0.6) is 0 Å². The molecule has 3 fully saturated rings. The van der Waals surface area contributed by atoms with E-state index in [2.05, 4.69) is 16.3 Å². The average Bonchev–Trinajstić information content (AvgIpc) is 3.47. The molecule has 0 saturated heterocycles. The van der Waals surface area contributed by atoms with Gasteiger partial charge in [-0.25, -0.2) is 13.8 Å². The third kappa shape index (κ3) is 4.20. The maximum Gasteiger partial charge on any atom is 0.249 e. The predicted molar refractivity (Wildman–Crippen MR) is 135 cm³/mol. The zero-order valence-electron chi connectivity index (χ0n) is 20.7. The van der Waals surface area contributed by atoms with Gasteiger partial charge in [-0.15, -0.1) is 0 Å². The van der Waals surface area contributed by atoms with Crippen LogP contribution in [0, 0.1) is 33.8 Å². The Morgan fingerprint density at radius 2 is 1.81 bits per heavy atom. The fourth-order valence-corrected chi connectivity index (χ4v) is 6.82. The summed E-state index contributed by atoms with van der Waals surface area (Å²) in [7, 11) is 0. The molecule has 8 heteroatoms. The van der Waals surface area contributed by atoms with Crippen LogP contribution in [0.1, 0.15) is 75.0 Å². The number of nitrogens with zero attached hydrogens (tertiary/aromatic N) is 5. The summed E-state index contributed by atoms with van der Waals surface area (Å²) in [5.74, 6) is -1.27. The van der Waals surface area contributed by atoms with Crippen molar-refractivity contribution in [2.24, 2.45) is 15.9 Å². The van der Waals surface area contributed by atoms with Gasteiger partial charge in [0.25, 0.3) is 0 Å². The molecular weight excluding hydrogens is 472 g/mol. The minimum Gasteiger partial charge on any atom is -0.272 e. The minimum absolute atomic E-state index is 0.00352. The van der Waals surface area contributed by atoms with E-state index < -0.39 is 17.7 Å². The number of rotatable bonds is 9. The third-order valence-electron chi connectivity index (χ3n) is 8.50. The lowest BCUT2D eigenvalue weighted by molar-refractivity contribution is -0.220. The first-order valence-corrected chi connectivity index (χ1v) is 13.1. The molecule has 1 amide bonds. The van der Waals surface area contributed by atoms with E-state index in [1.807, 2.05) is 29.1 Å². The molecule has 7 rings (SSSR count). The van der Waals surface area contributed by atoms with Crippen molar-refractivity contribution in [2.45, 2.75) is 70.4 Å². The number of aryl methyl sites for hydroxylation is 1. The van der Waals surface area contributed by atoms with E-state index in [1.54, 1.807) is 6.21 Å². The second kappa shape index (κ2) is 9.05. The Bertz CT molecular complexity index is 1400. The summed E-state index contributed by atoms with van der Waals surface area (Å²) in [6, 6.07) is 10.9. The summed E-state index contributed by atoms with van der Waals surface area (Å²) in [4.78, 5) is 13.3. The van der Waals surface area contributed by atoms with Gasteiger partial charge in [0, 0.05) is 30.6 Å². The molecule has 2 bridgehead atoms. The highest BCUT2D eigenvalue weighted by molar-refractivity contribution is 5.88. The molecular formula is C29H29F2N5O. The molecule has 3 aromatic rings. The van der Waals surface area contributed by atoms with E-state index in [4.69, 9.17) is 5.26 Å². The number of hydrazone groups is 1. The molecule has 0 N–H and O–H groups in total. The van der Waals surface area contributed by atoms with Crippen molar-refractivity contribution < 1.29 is 13.6 Å². The van der Waals surface area contributed by atoms with Crippen molar-refractivity contribution in [1.82, 2.24) is 14.8 Å². The second-order valence-electron chi connectivity index (χ2n) is 11.1. The smallest absolute Gasteiger partial charge is 0.249 e. The highest BCUT2D eigenvalue weighted by Gasteiger charge is 2.71.